The average molecular weight is 355 g/mol. The summed E-state index contributed by atoms with van der Waals surface area (Å²) in [5.74, 6) is -1.92. The van der Waals surface area contributed by atoms with Gasteiger partial charge in [-0.2, -0.15) is 22.6 Å². The highest BCUT2D eigenvalue weighted by molar-refractivity contribution is 7.89. The van der Waals surface area contributed by atoms with Crippen LogP contribution < -0.4 is 0 Å². The molecule has 0 spiro atoms. The minimum atomic E-state index is -4.51. The third-order valence-corrected chi connectivity index (χ3v) is 5.66. The van der Waals surface area contributed by atoms with Crippen LogP contribution >= 0.6 is 0 Å². The highest BCUT2D eigenvalue weighted by Crippen LogP contribution is 2.28. The molecule has 1 saturated heterocycles. The zero-order valence-corrected chi connectivity index (χ0v) is 13.0. The lowest BCUT2D eigenvalue weighted by molar-refractivity contribution is -0.144. The van der Waals surface area contributed by atoms with Gasteiger partial charge in [-0.15, -0.1) is 0 Å². The van der Waals surface area contributed by atoms with Crippen molar-refractivity contribution in [1.29, 1.82) is 0 Å². The van der Waals surface area contributed by atoms with Crippen molar-refractivity contribution in [2.24, 2.45) is 5.92 Å². The van der Waals surface area contributed by atoms with Crippen molar-refractivity contribution in [2.75, 3.05) is 6.54 Å². The Morgan fingerprint density at radius 3 is 2.65 bits per heavy atom. The number of nitrogens with zero attached hydrogens (tertiary/aromatic N) is 3. The molecule has 0 aliphatic carbocycles. The summed E-state index contributed by atoms with van der Waals surface area (Å²) < 4.78 is 63.6. The number of aliphatic carboxylic acids is 1. The second kappa shape index (κ2) is 6.11. The molecule has 2 unspecified atom stereocenters. The number of sulfonamides is 1. The Hall–Kier alpha value is -1.62. The van der Waals surface area contributed by atoms with Crippen LogP contribution in [0.15, 0.2) is 17.3 Å². The molecule has 11 heteroatoms. The molecule has 1 aliphatic rings. The van der Waals surface area contributed by atoms with Crippen LogP contribution in [0.1, 0.15) is 19.8 Å². The minimum Gasteiger partial charge on any atom is -0.481 e. The van der Waals surface area contributed by atoms with E-state index >= 15 is 0 Å². The lowest BCUT2D eigenvalue weighted by Crippen LogP contribution is -2.47. The standard InChI is InChI=1S/C12H16F3N3O4S/c1-8-2-3-9(11(19)20)5-18(8)23(21,22)10-4-16-17(6-10)7-12(13,14)15/h4,6,8-9H,2-3,5,7H2,1H3,(H,19,20). The van der Waals surface area contributed by atoms with E-state index in [1.807, 2.05) is 0 Å². The smallest absolute Gasteiger partial charge is 0.408 e. The van der Waals surface area contributed by atoms with Crippen molar-refractivity contribution in [2.45, 2.75) is 43.4 Å². The van der Waals surface area contributed by atoms with E-state index in [1.54, 1.807) is 6.92 Å². The number of carboxylic acids is 1. The van der Waals surface area contributed by atoms with Gasteiger partial charge in [-0.05, 0) is 19.8 Å². The Labute approximate surface area is 130 Å². The van der Waals surface area contributed by atoms with Gasteiger partial charge in [0.2, 0.25) is 10.0 Å². The van der Waals surface area contributed by atoms with Crippen LogP contribution in [0.25, 0.3) is 0 Å². The minimum absolute atomic E-state index is 0.205. The van der Waals surface area contributed by atoms with Gasteiger partial charge in [0, 0.05) is 18.8 Å². The molecular weight excluding hydrogens is 339 g/mol. The maximum atomic E-state index is 12.5. The molecule has 0 aromatic carbocycles. The monoisotopic (exact) mass is 355 g/mol. The zero-order chi connectivity index (χ0) is 17.4. The Balaban J connectivity index is 2.25. The van der Waals surface area contributed by atoms with Gasteiger partial charge in [0.25, 0.3) is 0 Å². The van der Waals surface area contributed by atoms with Crippen molar-refractivity contribution in [3.63, 3.8) is 0 Å². The Kier molecular flexibility index (Phi) is 4.71. The number of hydrogen-bond donors (Lipinski definition) is 1. The van der Waals surface area contributed by atoms with Crippen molar-refractivity contribution in [3.8, 4) is 0 Å². The van der Waals surface area contributed by atoms with Gasteiger partial charge in [0.05, 0.1) is 12.1 Å². The van der Waals surface area contributed by atoms with E-state index < -0.39 is 40.7 Å². The van der Waals surface area contributed by atoms with Gasteiger partial charge in [-0.1, -0.05) is 0 Å². The summed E-state index contributed by atoms with van der Waals surface area (Å²) in [5, 5.41) is 12.5. The Morgan fingerprint density at radius 1 is 1.43 bits per heavy atom. The second-order valence-electron chi connectivity index (χ2n) is 5.53. The number of carboxylic acid groups (broad SMARTS) is 1. The summed E-state index contributed by atoms with van der Waals surface area (Å²) in [5.41, 5.74) is 0. The molecule has 1 N–H and O–H groups in total. The van der Waals surface area contributed by atoms with E-state index in [4.69, 9.17) is 5.11 Å². The van der Waals surface area contributed by atoms with Gasteiger partial charge >= 0.3 is 12.1 Å². The van der Waals surface area contributed by atoms with Crippen molar-refractivity contribution in [3.05, 3.63) is 12.4 Å². The summed E-state index contributed by atoms with van der Waals surface area (Å²) in [6.45, 7) is 0.0366. The molecule has 2 heterocycles. The Morgan fingerprint density at radius 2 is 2.09 bits per heavy atom. The van der Waals surface area contributed by atoms with Gasteiger partial charge in [-0.25, -0.2) is 8.42 Å². The van der Waals surface area contributed by atoms with E-state index in [0.29, 0.717) is 17.5 Å². The van der Waals surface area contributed by atoms with Crippen LogP contribution in [0.4, 0.5) is 13.2 Å². The van der Waals surface area contributed by atoms with E-state index in [1.165, 1.54) is 0 Å². The molecule has 1 aliphatic heterocycles. The molecule has 1 fully saturated rings. The third-order valence-electron chi connectivity index (χ3n) is 3.73. The van der Waals surface area contributed by atoms with E-state index in [-0.39, 0.29) is 11.4 Å². The van der Waals surface area contributed by atoms with Crippen LogP contribution in [0.5, 0.6) is 0 Å². The molecular formula is C12H16F3N3O4S. The maximum Gasteiger partial charge on any atom is 0.408 e. The first kappa shape index (κ1) is 17.7. The van der Waals surface area contributed by atoms with Crippen molar-refractivity contribution < 1.29 is 31.5 Å². The topological polar surface area (TPSA) is 92.5 Å². The van der Waals surface area contributed by atoms with Crippen LogP contribution in [0.3, 0.4) is 0 Å². The summed E-state index contributed by atoms with van der Waals surface area (Å²) in [6, 6.07) is -0.429. The number of halogens is 3. The normalized spacial score (nSPS) is 23.8. The van der Waals surface area contributed by atoms with Crippen molar-refractivity contribution in [1.82, 2.24) is 14.1 Å². The van der Waals surface area contributed by atoms with Gasteiger partial charge in [0.1, 0.15) is 11.4 Å². The van der Waals surface area contributed by atoms with Gasteiger partial charge in [0.15, 0.2) is 0 Å². The predicted octanol–water partition coefficient (Wildman–Crippen LogP) is 1.32. The average Bonchev–Trinajstić information content (AvgIpc) is 2.85. The van der Waals surface area contributed by atoms with Crippen LogP contribution in [-0.4, -0.2) is 52.3 Å². The van der Waals surface area contributed by atoms with E-state index in [9.17, 15) is 26.4 Å². The largest absolute Gasteiger partial charge is 0.481 e. The molecule has 0 radical (unpaired) electrons. The lowest BCUT2D eigenvalue weighted by atomic mass is 9.96. The van der Waals surface area contributed by atoms with Crippen LogP contribution in [0, 0.1) is 5.92 Å². The SMILES string of the molecule is CC1CCC(C(=O)O)CN1S(=O)(=O)c1cnn(CC(F)(F)F)c1. The number of rotatable bonds is 4. The van der Waals surface area contributed by atoms with Gasteiger partial charge in [-0.3, -0.25) is 9.48 Å². The molecule has 0 amide bonds. The number of carbonyl (C=O) groups is 1. The quantitative estimate of drug-likeness (QED) is 0.879. The fourth-order valence-electron chi connectivity index (χ4n) is 2.49. The first-order valence-electron chi connectivity index (χ1n) is 6.84. The molecule has 7 nitrogen and oxygen atoms in total. The summed E-state index contributed by atoms with van der Waals surface area (Å²) in [6.07, 6.45) is -2.14. The first-order valence-corrected chi connectivity index (χ1v) is 8.28. The fraction of sp³-hybridized carbons (Fsp3) is 0.667. The third kappa shape index (κ3) is 4.02. The first-order chi connectivity index (χ1) is 10.5. The van der Waals surface area contributed by atoms with E-state index in [0.717, 1.165) is 16.7 Å². The molecule has 1 aromatic heterocycles. The van der Waals surface area contributed by atoms with Crippen molar-refractivity contribution >= 4 is 16.0 Å². The molecule has 1 aromatic rings. The molecule has 0 bridgehead atoms. The number of alkyl halides is 3. The maximum absolute atomic E-state index is 12.5. The molecule has 2 rings (SSSR count). The summed E-state index contributed by atoms with van der Waals surface area (Å²) in [4.78, 5) is 10.7. The molecule has 23 heavy (non-hydrogen) atoms. The predicted molar refractivity (Wildman–Crippen MR) is 72.0 cm³/mol. The fourth-order valence-corrected chi connectivity index (χ4v) is 4.16. The molecule has 0 saturated carbocycles. The highest BCUT2D eigenvalue weighted by Gasteiger charge is 2.38. The van der Waals surface area contributed by atoms with Crippen LogP contribution in [0.2, 0.25) is 0 Å². The number of hydrogen-bond acceptors (Lipinski definition) is 4. The van der Waals surface area contributed by atoms with Crippen LogP contribution in [-0.2, 0) is 21.4 Å². The molecule has 130 valence electrons. The number of aromatic nitrogens is 2. The Bertz CT molecular complexity index is 686. The summed E-state index contributed by atoms with van der Waals surface area (Å²) >= 11 is 0. The van der Waals surface area contributed by atoms with E-state index in [2.05, 4.69) is 5.10 Å². The second-order valence-corrected chi connectivity index (χ2v) is 7.42. The number of piperidine rings is 1. The highest BCUT2D eigenvalue weighted by atomic mass is 32.2. The van der Waals surface area contributed by atoms with Gasteiger partial charge < -0.3 is 5.11 Å². The summed E-state index contributed by atoms with van der Waals surface area (Å²) in [7, 11) is -4.09. The molecule has 2 atom stereocenters. The lowest BCUT2D eigenvalue weighted by Gasteiger charge is -2.34. The zero-order valence-electron chi connectivity index (χ0n) is 12.2.